The maximum absolute atomic E-state index is 13.1. The molecule has 7 heteroatoms. The van der Waals surface area contributed by atoms with Crippen molar-refractivity contribution in [3.63, 3.8) is 0 Å². The number of nitrogens with one attached hydrogen (secondary N) is 1. The van der Waals surface area contributed by atoms with Crippen LogP contribution in [0.5, 0.6) is 0 Å². The van der Waals surface area contributed by atoms with E-state index in [1.165, 1.54) is 25.0 Å². The first-order valence-corrected chi connectivity index (χ1v) is 10.0. The largest absolute Gasteiger partial charge is 0.368 e. The molecule has 2 fully saturated rings. The molecule has 4 rings (SSSR count). The van der Waals surface area contributed by atoms with Crippen molar-refractivity contribution in [3.8, 4) is 0 Å². The molecular formula is C21H26FN5O. The molecule has 2 aliphatic rings. The number of nitrogens with zero attached hydrogens (tertiary/aromatic N) is 4. The number of carbonyl (C=O) groups excluding carboxylic acids is 1. The van der Waals surface area contributed by atoms with Crippen LogP contribution in [0.1, 0.15) is 42.0 Å². The van der Waals surface area contributed by atoms with Crippen LogP contribution in [-0.4, -0.2) is 53.0 Å². The zero-order chi connectivity index (χ0) is 19.5. The zero-order valence-corrected chi connectivity index (χ0v) is 16.2. The Balaban J connectivity index is 1.40. The third-order valence-electron chi connectivity index (χ3n) is 5.52. The predicted molar refractivity (Wildman–Crippen MR) is 107 cm³/mol. The van der Waals surface area contributed by atoms with Crippen molar-refractivity contribution >= 4 is 17.4 Å². The lowest BCUT2D eigenvalue weighted by atomic mass is 10.2. The minimum atomic E-state index is -0.237. The summed E-state index contributed by atoms with van der Waals surface area (Å²) in [5, 5.41) is 3.45. The molecular weight excluding hydrogens is 357 g/mol. The molecule has 1 saturated carbocycles. The molecule has 1 aromatic carbocycles. The van der Waals surface area contributed by atoms with E-state index in [0.29, 0.717) is 43.7 Å². The van der Waals surface area contributed by atoms with Crippen molar-refractivity contribution in [2.45, 2.75) is 38.6 Å². The van der Waals surface area contributed by atoms with Crippen molar-refractivity contribution < 1.29 is 9.18 Å². The molecule has 0 spiro atoms. The Hall–Kier alpha value is -2.70. The minimum absolute atomic E-state index is 0.0567. The Bertz CT molecular complexity index is 827. The number of carbonyl (C=O) groups is 1. The summed E-state index contributed by atoms with van der Waals surface area (Å²) in [7, 11) is 0. The number of aromatic nitrogens is 2. The summed E-state index contributed by atoms with van der Waals surface area (Å²) in [5.74, 6) is 1.06. The first-order chi connectivity index (χ1) is 13.6. The van der Waals surface area contributed by atoms with Crippen molar-refractivity contribution in [2.75, 3.05) is 36.4 Å². The number of anilines is 2. The highest BCUT2D eigenvalue weighted by molar-refractivity contribution is 5.93. The predicted octanol–water partition coefficient (Wildman–Crippen LogP) is 3.24. The monoisotopic (exact) mass is 383 g/mol. The smallest absolute Gasteiger partial charge is 0.272 e. The van der Waals surface area contributed by atoms with E-state index in [4.69, 9.17) is 0 Å². The Morgan fingerprint density at radius 1 is 1.07 bits per heavy atom. The van der Waals surface area contributed by atoms with Crippen LogP contribution < -0.4 is 10.2 Å². The average Bonchev–Trinajstić information content (AvgIpc) is 3.21. The van der Waals surface area contributed by atoms with Crippen molar-refractivity contribution in [3.05, 3.63) is 47.7 Å². The maximum atomic E-state index is 13.1. The van der Waals surface area contributed by atoms with E-state index in [2.05, 4.69) is 20.2 Å². The van der Waals surface area contributed by atoms with Crippen LogP contribution in [0.25, 0.3) is 0 Å². The van der Waals surface area contributed by atoms with Gasteiger partial charge in [-0.1, -0.05) is 12.8 Å². The van der Waals surface area contributed by atoms with Gasteiger partial charge >= 0.3 is 0 Å². The van der Waals surface area contributed by atoms with Crippen LogP contribution >= 0.6 is 0 Å². The highest BCUT2D eigenvalue weighted by Gasteiger charge is 2.24. The lowest BCUT2D eigenvalue weighted by Crippen LogP contribution is -2.49. The van der Waals surface area contributed by atoms with Gasteiger partial charge in [0, 0.05) is 44.0 Å². The van der Waals surface area contributed by atoms with E-state index in [1.807, 2.05) is 11.8 Å². The van der Waals surface area contributed by atoms with Gasteiger partial charge in [-0.15, -0.1) is 0 Å². The molecule has 1 N–H and O–H groups in total. The molecule has 6 nitrogen and oxygen atoms in total. The molecule has 0 radical (unpaired) electrons. The first kappa shape index (κ1) is 18.7. The number of piperazine rings is 1. The summed E-state index contributed by atoms with van der Waals surface area (Å²) in [5.41, 5.74) is 1.43. The highest BCUT2D eigenvalue weighted by atomic mass is 19.1. The molecule has 1 aliphatic heterocycles. The van der Waals surface area contributed by atoms with Gasteiger partial charge in [-0.2, -0.15) is 0 Å². The standard InChI is InChI=1S/C21H26FN5O/c1-15-23-19(14-20(24-15)25-17-4-2-3-5-17)21(28)27-12-10-26(11-13-27)18-8-6-16(22)7-9-18/h6-9,14,17H,2-5,10-13H2,1H3,(H,23,24,25). The van der Waals surface area contributed by atoms with Crippen LogP contribution in [0.2, 0.25) is 0 Å². The van der Waals surface area contributed by atoms with E-state index < -0.39 is 0 Å². The number of aryl methyl sites for hydroxylation is 1. The molecule has 28 heavy (non-hydrogen) atoms. The summed E-state index contributed by atoms with van der Waals surface area (Å²) in [6, 6.07) is 8.71. The first-order valence-electron chi connectivity index (χ1n) is 10.0. The van der Waals surface area contributed by atoms with Crippen molar-refractivity contribution in [1.29, 1.82) is 0 Å². The SMILES string of the molecule is Cc1nc(NC2CCCC2)cc(C(=O)N2CCN(c3ccc(F)cc3)CC2)n1. The Morgan fingerprint density at radius 2 is 1.75 bits per heavy atom. The van der Waals surface area contributed by atoms with Crippen LogP contribution in [0, 0.1) is 12.7 Å². The topological polar surface area (TPSA) is 61.4 Å². The second-order valence-corrected chi connectivity index (χ2v) is 7.57. The van der Waals surface area contributed by atoms with E-state index in [0.717, 1.165) is 24.3 Å². The van der Waals surface area contributed by atoms with Crippen LogP contribution in [0.4, 0.5) is 15.9 Å². The maximum Gasteiger partial charge on any atom is 0.272 e. The lowest BCUT2D eigenvalue weighted by molar-refractivity contribution is 0.0740. The second-order valence-electron chi connectivity index (χ2n) is 7.57. The van der Waals surface area contributed by atoms with Gasteiger partial charge in [0.25, 0.3) is 5.91 Å². The van der Waals surface area contributed by atoms with E-state index in [9.17, 15) is 9.18 Å². The Labute approximate surface area is 164 Å². The number of halogens is 1. The fourth-order valence-corrected chi connectivity index (χ4v) is 4.01. The van der Waals surface area contributed by atoms with Gasteiger partial charge in [0.2, 0.25) is 0 Å². The molecule has 148 valence electrons. The molecule has 0 atom stereocenters. The lowest BCUT2D eigenvalue weighted by Gasteiger charge is -2.36. The summed E-state index contributed by atoms with van der Waals surface area (Å²) < 4.78 is 13.1. The number of hydrogen-bond acceptors (Lipinski definition) is 5. The third kappa shape index (κ3) is 4.24. The van der Waals surface area contributed by atoms with Crippen molar-refractivity contribution in [2.24, 2.45) is 0 Å². The van der Waals surface area contributed by atoms with E-state index >= 15 is 0 Å². The van der Waals surface area contributed by atoms with Gasteiger partial charge in [0.05, 0.1) is 0 Å². The fraction of sp³-hybridized carbons (Fsp3) is 0.476. The van der Waals surface area contributed by atoms with Crippen LogP contribution in [0.3, 0.4) is 0 Å². The quantitative estimate of drug-likeness (QED) is 0.878. The number of amides is 1. The molecule has 1 aromatic heterocycles. The molecule has 1 aliphatic carbocycles. The van der Waals surface area contributed by atoms with Gasteiger partial charge in [-0.3, -0.25) is 4.79 Å². The van der Waals surface area contributed by atoms with Gasteiger partial charge in [0.1, 0.15) is 23.2 Å². The van der Waals surface area contributed by atoms with Gasteiger partial charge in [0.15, 0.2) is 0 Å². The number of benzene rings is 1. The Morgan fingerprint density at radius 3 is 2.43 bits per heavy atom. The average molecular weight is 383 g/mol. The zero-order valence-electron chi connectivity index (χ0n) is 16.2. The molecule has 0 bridgehead atoms. The summed E-state index contributed by atoms with van der Waals surface area (Å²) in [6.07, 6.45) is 4.78. The summed E-state index contributed by atoms with van der Waals surface area (Å²) in [6.45, 7) is 4.49. The van der Waals surface area contributed by atoms with Crippen LogP contribution in [-0.2, 0) is 0 Å². The fourth-order valence-electron chi connectivity index (χ4n) is 4.01. The molecule has 0 unspecified atom stereocenters. The molecule has 2 heterocycles. The van der Waals surface area contributed by atoms with Gasteiger partial charge in [-0.05, 0) is 44.0 Å². The van der Waals surface area contributed by atoms with Crippen LogP contribution in [0.15, 0.2) is 30.3 Å². The summed E-state index contributed by atoms with van der Waals surface area (Å²) >= 11 is 0. The number of hydrogen-bond donors (Lipinski definition) is 1. The van der Waals surface area contributed by atoms with Gasteiger partial charge in [-0.25, -0.2) is 14.4 Å². The third-order valence-corrected chi connectivity index (χ3v) is 5.52. The Kier molecular flexibility index (Phi) is 5.41. The minimum Gasteiger partial charge on any atom is -0.368 e. The van der Waals surface area contributed by atoms with Crippen molar-refractivity contribution in [1.82, 2.24) is 14.9 Å². The highest BCUT2D eigenvalue weighted by Crippen LogP contribution is 2.22. The molecule has 1 saturated heterocycles. The van der Waals surface area contributed by atoms with Gasteiger partial charge < -0.3 is 15.1 Å². The summed E-state index contributed by atoms with van der Waals surface area (Å²) in [4.78, 5) is 25.8. The molecule has 1 amide bonds. The second kappa shape index (κ2) is 8.12. The van der Waals surface area contributed by atoms with E-state index in [1.54, 1.807) is 18.2 Å². The van der Waals surface area contributed by atoms with E-state index in [-0.39, 0.29) is 11.7 Å². The normalized spacial score (nSPS) is 17.8. The number of rotatable bonds is 4. The molecule has 2 aromatic rings.